The van der Waals surface area contributed by atoms with Gasteiger partial charge < -0.3 is 29.0 Å². The molecule has 0 amide bonds. The van der Waals surface area contributed by atoms with Crippen LogP contribution in [-0.2, 0) is 24.6 Å². The molecule has 0 spiro atoms. The second kappa shape index (κ2) is 16.9. The number of benzene rings is 4. The van der Waals surface area contributed by atoms with Crippen molar-refractivity contribution < 1.29 is 33.3 Å². The van der Waals surface area contributed by atoms with E-state index in [1.807, 2.05) is 102 Å². The van der Waals surface area contributed by atoms with Gasteiger partial charge in [-0.25, -0.2) is 15.0 Å². The van der Waals surface area contributed by atoms with Gasteiger partial charge in [0.05, 0.1) is 27.2 Å². The highest BCUT2D eigenvalue weighted by Crippen LogP contribution is 2.43. The number of aldehydes is 1. The Morgan fingerprint density at radius 2 is 1.43 bits per heavy atom. The van der Waals surface area contributed by atoms with E-state index in [4.69, 9.17) is 23.7 Å². The molecule has 3 atom stereocenters. The predicted octanol–water partition coefficient (Wildman–Crippen LogP) is 6.61. The molecule has 4 aromatic carbocycles. The van der Waals surface area contributed by atoms with E-state index in [9.17, 15) is 9.59 Å². The van der Waals surface area contributed by atoms with Gasteiger partial charge in [-0.2, -0.15) is 0 Å². The Hall–Kier alpha value is -6.11. The van der Waals surface area contributed by atoms with Crippen molar-refractivity contribution in [1.29, 1.82) is 0 Å². The lowest BCUT2D eigenvalue weighted by atomic mass is 9.80. The summed E-state index contributed by atoms with van der Waals surface area (Å²) in [4.78, 5) is 35.5. The van der Waals surface area contributed by atoms with Gasteiger partial charge in [0.1, 0.15) is 53.7 Å². The molecule has 0 radical (unpaired) electrons. The van der Waals surface area contributed by atoms with E-state index < -0.39 is 30.0 Å². The van der Waals surface area contributed by atoms with Crippen LogP contribution in [-0.4, -0.2) is 71.9 Å². The third-order valence-corrected chi connectivity index (χ3v) is 8.98. The average Bonchev–Trinajstić information content (AvgIpc) is 3.83. The Balaban J connectivity index is 0.000000533. The van der Waals surface area contributed by atoms with E-state index in [-0.39, 0.29) is 6.61 Å². The molecule has 0 bridgehead atoms. The Morgan fingerprint density at radius 3 is 1.96 bits per heavy atom. The molecule has 1 aliphatic rings. The zero-order valence-electron chi connectivity index (χ0n) is 29.9. The smallest absolute Gasteiger partial charge is 0.302 e. The SMILES string of the molecule is CNc1ncnc2c1ncn2C1CC(OC(C)=O)C(COC(c2ccccc2)(c2ccc(OC)cc2)c2ccc(OC)cc2)O1.O=Cc1ccccc1. The largest absolute Gasteiger partial charge is 0.497 e. The van der Waals surface area contributed by atoms with Crippen LogP contribution in [0.4, 0.5) is 5.82 Å². The maximum absolute atomic E-state index is 12.2. The van der Waals surface area contributed by atoms with Gasteiger partial charge in [0.15, 0.2) is 11.5 Å². The number of methoxy groups -OCH3 is 2. The summed E-state index contributed by atoms with van der Waals surface area (Å²) in [5.41, 5.74) is 3.58. The number of carbonyl (C=O) groups is 2. The van der Waals surface area contributed by atoms with E-state index >= 15 is 0 Å². The van der Waals surface area contributed by atoms with Gasteiger partial charge in [0, 0.05) is 26.0 Å². The summed E-state index contributed by atoms with van der Waals surface area (Å²) in [6.07, 6.45) is 2.70. The number of fused-ring (bicyclic) bond motifs is 1. The number of anilines is 1. The maximum Gasteiger partial charge on any atom is 0.302 e. The Morgan fingerprint density at radius 1 is 0.849 bits per heavy atom. The van der Waals surface area contributed by atoms with Crippen LogP contribution in [0.25, 0.3) is 11.2 Å². The fraction of sp³-hybridized carbons (Fsp3) is 0.244. The van der Waals surface area contributed by atoms with Crippen LogP contribution in [0, 0.1) is 0 Å². The van der Waals surface area contributed by atoms with Crippen LogP contribution >= 0.6 is 0 Å². The Kier molecular flexibility index (Phi) is 11.7. The molecule has 7 rings (SSSR count). The van der Waals surface area contributed by atoms with Crippen molar-refractivity contribution in [2.45, 2.75) is 37.4 Å². The number of esters is 1. The minimum absolute atomic E-state index is 0.102. The van der Waals surface area contributed by atoms with Crippen LogP contribution in [0.5, 0.6) is 11.5 Å². The van der Waals surface area contributed by atoms with Crippen molar-refractivity contribution in [1.82, 2.24) is 19.5 Å². The molecular formula is C41H41N5O7. The van der Waals surface area contributed by atoms with Gasteiger partial charge in [0.25, 0.3) is 0 Å². The Labute approximate surface area is 307 Å². The zero-order valence-corrected chi connectivity index (χ0v) is 29.9. The number of nitrogens with one attached hydrogen (secondary N) is 1. The van der Waals surface area contributed by atoms with Gasteiger partial charge in [-0.3, -0.25) is 14.2 Å². The molecule has 3 unspecified atom stereocenters. The maximum atomic E-state index is 12.2. The van der Waals surface area contributed by atoms with Crippen molar-refractivity contribution in [3.63, 3.8) is 0 Å². The number of rotatable bonds is 12. The van der Waals surface area contributed by atoms with Crippen molar-refractivity contribution in [3.8, 4) is 11.5 Å². The summed E-state index contributed by atoms with van der Waals surface area (Å²) in [6, 6.07) is 34.7. The molecule has 3 heterocycles. The highest BCUT2D eigenvalue weighted by atomic mass is 16.6. The summed E-state index contributed by atoms with van der Waals surface area (Å²) in [5, 5.41) is 3.04. The topological polar surface area (TPSA) is 136 Å². The van der Waals surface area contributed by atoms with Crippen molar-refractivity contribution in [3.05, 3.63) is 144 Å². The molecule has 0 saturated carbocycles. The van der Waals surface area contributed by atoms with Gasteiger partial charge in [-0.1, -0.05) is 84.9 Å². The first kappa shape index (κ1) is 36.7. The number of nitrogens with zero attached hydrogens (tertiary/aromatic N) is 4. The Bertz CT molecular complexity index is 2040. The molecule has 53 heavy (non-hydrogen) atoms. The summed E-state index contributed by atoms with van der Waals surface area (Å²) in [7, 11) is 5.05. The van der Waals surface area contributed by atoms with E-state index in [1.54, 1.807) is 39.7 Å². The molecular weight excluding hydrogens is 674 g/mol. The normalized spacial score (nSPS) is 16.6. The van der Waals surface area contributed by atoms with Gasteiger partial charge in [0.2, 0.25) is 0 Å². The third-order valence-electron chi connectivity index (χ3n) is 8.98. The molecule has 1 aliphatic heterocycles. The number of aromatic nitrogens is 4. The van der Waals surface area contributed by atoms with E-state index in [2.05, 4.69) is 20.3 Å². The summed E-state index contributed by atoms with van der Waals surface area (Å²) in [6.45, 7) is 1.50. The second-order valence-electron chi connectivity index (χ2n) is 12.2. The lowest BCUT2D eigenvalue weighted by Gasteiger charge is -2.37. The van der Waals surface area contributed by atoms with Crippen LogP contribution in [0.2, 0.25) is 0 Å². The molecule has 272 valence electrons. The van der Waals surface area contributed by atoms with E-state index in [0.29, 0.717) is 23.4 Å². The zero-order chi connectivity index (χ0) is 37.2. The molecule has 1 saturated heterocycles. The summed E-state index contributed by atoms with van der Waals surface area (Å²) >= 11 is 0. The molecule has 1 N–H and O–H groups in total. The summed E-state index contributed by atoms with van der Waals surface area (Å²) < 4.78 is 32.2. The quantitative estimate of drug-likeness (QED) is 0.0833. The minimum Gasteiger partial charge on any atom is -0.497 e. The number of carbonyl (C=O) groups excluding carboxylic acids is 2. The van der Waals surface area contributed by atoms with Crippen LogP contribution in [0.15, 0.2) is 122 Å². The van der Waals surface area contributed by atoms with Crippen molar-refractivity contribution in [2.75, 3.05) is 33.2 Å². The van der Waals surface area contributed by atoms with Crippen molar-refractivity contribution in [2.24, 2.45) is 0 Å². The van der Waals surface area contributed by atoms with Crippen LogP contribution in [0.3, 0.4) is 0 Å². The number of hydrogen-bond donors (Lipinski definition) is 1. The van der Waals surface area contributed by atoms with Gasteiger partial charge in [-0.05, 0) is 41.0 Å². The van der Waals surface area contributed by atoms with Crippen LogP contribution in [0.1, 0.15) is 46.6 Å². The van der Waals surface area contributed by atoms with E-state index in [0.717, 1.165) is 40.0 Å². The molecule has 12 nitrogen and oxygen atoms in total. The average molecular weight is 716 g/mol. The highest BCUT2D eigenvalue weighted by Gasteiger charge is 2.44. The second-order valence-corrected chi connectivity index (χ2v) is 12.2. The number of ether oxygens (including phenoxy) is 5. The first-order valence-electron chi connectivity index (χ1n) is 17.1. The molecule has 1 fully saturated rings. The first-order valence-corrected chi connectivity index (χ1v) is 17.1. The van der Waals surface area contributed by atoms with E-state index in [1.165, 1.54) is 13.3 Å². The molecule has 2 aromatic heterocycles. The third kappa shape index (κ3) is 8.03. The predicted molar refractivity (Wildman–Crippen MR) is 199 cm³/mol. The van der Waals surface area contributed by atoms with Crippen LogP contribution < -0.4 is 14.8 Å². The lowest BCUT2D eigenvalue weighted by molar-refractivity contribution is -0.153. The molecule has 0 aliphatic carbocycles. The fourth-order valence-electron chi connectivity index (χ4n) is 6.42. The standard InChI is InChI=1S/C34H35N5O6.C7H6O/c1-22(40)44-28-18-30(39-21-38-31-32(35-2)36-20-37-33(31)39)45-29(28)19-43-34(23-8-6-5-7-9-23,24-10-14-26(41-3)15-11-24)25-12-16-27(42-4)17-13-25;8-6-7-4-2-1-3-5-7/h5-17,20-21,28-30H,18-19H2,1-4H3,(H,35,36,37);1-6H. The summed E-state index contributed by atoms with van der Waals surface area (Å²) in [5.74, 6) is 1.67. The molecule has 6 aromatic rings. The van der Waals surface area contributed by atoms with Crippen molar-refractivity contribution >= 4 is 29.2 Å². The fourth-order valence-corrected chi connectivity index (χ4v) is 6.42. The highest BCUT2D eigenvalue weighted by molar-refractivity contribution is 5.82. The number of imidazole rings is 1. The lowest BCUT2D eigenvalue weighted by Crippen LogP contribution is -2.39. The molecule has 12 heteroatoms. The number of hydrogen-bond acceptors (Lipinski definition) is 11. The van der Waals surface area contributed by atoms with Gasteiger partial charge >= 0.3 is 5.97 Å². The first-order chi connectivity index (χ1) is 25.9. The monoisotopic (exact) mass is 715 g/mol. The van der Waals surface area contributed by atoms with Gasteiger partial charge in [-0.15, -0.1) is 0 Å². The minimum atomic E-state index is -1.06.